The van der Waals surface area contributed by atoms with E-state index in [1.165, 1.54) is 0 Å². The van der Waals surface area contributed by atoms with Crippen LogP contribution in [0.4, 0.5) is 0 Å². The highest BCUT2D eigenvalue weighted by Crippen LogP contribution is 2.09. The van der Waals surface area contributed by atoms with E-state index in [9.17, 15) is 0 Å². The molecule has 1 aliphatic rings. The zero-order valence-electron chi connectivity index (χ0n) is 6.36. The molecule has 11 heavy (non-hydrogen) atoms. The highest BCUT2D eigenvalue weighted by atomic mass is 32.1. The second-order valence-electron chi connectivity index (χ2n) is 2.49. The van der Waals surface area contributed by atoms with Crippen LogP contribution < -0.4 is 0 Å². The predicted molar refractivity (Wildman–Crippen MR) is 45.4 cm³/mol. The van der Waals surface area contributed by atoms with Gasteiger partial charge in [-0.05, 0) is 0 Å². The maximum Gasteiger partial charge on any atom is 0.0660 e. The molecule has 1 saturated heterocycles. The molecule has 1 unspecified atom stereocenters. The molecule has 1 rings (SSSR count). The summed E-state index contributed by atoms with van der Waals surface area (Å²) in [7, 11) is 0. The van der Waals surface area contributed by atoms with Crippen LogP contribution in [0.5, 0.6) is 0 Å². The molecule has 1 heterocycles. The van der Waals surface area contributed by atoms with E-state index in [2.05, 4.69) is 23.6 Å². The normalized spacial score (nSPS) is 22.5. The summed E-state index contributed by atoms with van der Waals surface area (Å²) in [6.07, 6.45) is 0.489. The first-order valence-corrected chi connectivity index (χ1v) is 4.23. The fourth-order valence-corrected chi connectivity index (χ4v) is 1.40. The van der Waals surface area contributed by atoms with Crippen LogP contribution in [0.1, 0.15) is 6.42 Å². The molecule has 1 aliphatic heterocycles. The minimum atomic E-state index is 0.0869. The predicted octanol–water partition coefficient (Wildman–Crippen LogP) is 0.488. The van der Waals surface area contributed by atoms with Crippen LogP contribution in [0.2, 0.25) is 0 Å². The van der Waals surface area contributed by atoms with Crippen LogP contribution in [-0.4, -0.2) is 36.6 Å². The molecular weight excluding hydrogens is 160 g/mol. The molecule has 0 bridgehead atoms. The highest BCUT2D eigenvalue weighted by molar-refractivity contribution is 7.80. The van der Waals surface area contributed by atoms with Gasteiger partial charge in [-0.2, -0.15) is 17.9 Å². The average molecular weight is 172 g/mol. The molecule has 0 radical (unpaired) electrons. The van der Waals surface area contributed by atoms with Crippen molar-refractivity contribution in [3.63, 3.8) is 0 Å². The Kier molecular flexibility index (Phi) is 3.70. The fourth-order valence-electron chi connectivity index (χ4n) is 1.09. The van der Waals surface area contributed by atoms with Gasteiger partial charge in [0, 0.05) is 13.1 Å². The summed E-state index contributed by atoms with van der Waals surface area (Å²) in [4.78, 5) is 2.16. The van der Waals surface area contributed by atoms with Crippen LogP contribution >= 0.6 is 12.6 Å². The van der Waals surface area contributed by atoms with Crippen molar-refractivity contribution in [3.8, 4) is 6.07 Å². The van der Waals surface area contributed by atoms with Crippen molar-refractivity contribution in [1.82, 2.24) is 4.90 Å². The number of rotatable bonds is 2. The van der Waals surface area contributed by atoms with E-state index < -0.39 is 0 Å². The lowest BCUT2D eigenvalue weighted by Gasteiger charge is -2.30. The van der Waals surface area contributed by atoms with E-state index in [1.807, 2.05) is 0 Å². The maximum atomic E-state index is 8.41. The van der Waals surface area contributed by atoms with Crippen molar-refractivity contribution in [2.24, 2.45) is 0 Å². The summed E-state index contributed by atoms with van der Waals surface area (Å²) in [5, 5.41) is 8.50. The van der Waals surface area contributed by atoms with E-state index in [1.54, 1.807) is 0 Å². The molecule has 0 aliphatic carbocycles. The summed E-state index contributed by atoms with van der Waals surface area (Å²) in [5.41, 5.74) is 0. The lowest BCUT2D eigenvalue weighted by atomic mass is 10.3. The Hall–Kier alpha value is -0.240. The Bertz CT molecular complexity index is 151. The van der Waals surface area contributed by atoms with Gasteiger partial charge in [0.25, 0.3) is 0 Å². The van der Waals surface area contributed by atoms with Gasteiger partial charge in [-0.3, -0.25) is 4.90 Å². The molecule has 4 heteroatoms. The summed E-state index contributed by atoms with van der Waals surface area (Å²) in [5.74, 6) is 0. The van der Waals surface area contributed by atoms with Gasteiger partial charge in [-0.15, -0.1) is 0 Å². The first-order valence-electron chi connectivity index (χ1n) is 3.71. The topological polar surface area (TPSA) is 36.3 Å². The third kappa shape index (κ3) is 2.70. The summed E-state index contributed by atoms with van der Waals surface area (Å²) in [6.45, 7) is 3.33. The number of hydrogen-bond donors (Lipinski definition) is 1. The van der Waals surface area contributed by atoms with Gasteiger partial charge in [0.2, 0.25) is 0 Å². The van der Waals surface area contributed by atoms with E-state index in [-0.39, 0.29) is 5.37 Å². The number of ether oxygens (including phenoxy) is 1. The number of hydrogen-bond acceptors (Lipinski definition) is 4. The Morgan fingerprint density at radius 1 is 1.55 bits per heavy atom. The van der Waals surface area contributed by atoms with Crippen molar-refractivity contribution >= 4 is 12.6 Å². The van der Waals surface area contributed by atoms with Crippen LogP contribution in [0.15, 0.2) is 0 Å². The molecule has 0 saturated carbocycles. The summed E-state index contributed by atoms with van der Waals surface area (Å²) >= 11 is 4.30. The summed E-state index contributed by atoms with van der Waals surface area (Å²) in [6, 6.07) is 2.11. The van der Waals surface area contributed by atoms with Gasteiger partial charge in [-0.1, -0.05) is 0 Å². The Balaban J connectivity index is 2.27. The third-order valence-electron chi connectivity index (χ3n) is 1.74. The Labute approximate surface area is 72.3 Å². The van der Waals surface area contributed by atoms with Gasteiger partial charge in [-0.25, -0.2) is 0 Å². The molecule has 0 N–H and O–H groups in total. The molecule has 0 aromatic carbocycles. The van der Waals surface area contributed by atoms with E-state index in [4.69, 9.17) is 10.00 Å². The minimum Gasteiger partial charge on any atom is -0.379 e. The maximum absolute atomic E-state index is 8.41. The Morgan fingerprint density at radius 2 is 2.18 bits per heavy atom. The average Bonchev–Trinajstić information content (AvgIpc) is 2.07. The minimum absolute atomic E-state index is 0.0869. The molecule has 0 amide bonds. The number of nitrogens with zero attached hydrogens (tertiary/aromatic N) is 2. The SMILES string of the molecule is N#CCC(S)N1CCOCC1. The third-order valence-corrected chi connectivity index (χ3v) is 2.25. The van der Waals surface area contributed by atoms with E-state index >= 15 is 0 Å². The van der Waals surface area contributed by atoms with Crippen molar-refractivity contribution in [3.05, 3.63) is 0 Å². The lowest BCUT2D eigenvalue weighted by molar-refractivity contribution is 0.0335. The quantitative estimate of drug-likeness (QED) is 0.616. The van der Waals surface area contributed by atoms with Crippen LogP contribution in [-0.2, 0) is 4.74 Å². The highest BCUT2D eigenvalue weighted by Gasteiger charge is 2.16. The second kappa shape index (κ2) is 4.60. The van der Waals surface area contributed by atoms with E-state index in [0.29, 0.717) is 6.42 Å². The largest absolute Gasteiger partial charge is 0.379 e. The molecule has 62 valence electrons. The molecular formula is C7H12N2OS. The number of morpholine rings is 1. The van der Waals surface area contributed by atoms with Gasteiger partial charge < -0.3 is 4.74 Å². The van der Waals surface area contributed by atoms with Gasteiger partial charge in [0.1, 0.15) is 0 Å². The van der Waals surface area contributed by atoms with Gasteiger partial charge in [0.15, 0.2) is 0 Å². The molecule has 3 nitrogen and oxygen atoms in total. The first kappa shape index (κ1) is 8.85. The van der Waals surface area contributed by atoms with E-state index in [0.717, 1.165) is 26.3 Å². The number of nitriles is 1. The number of thiol groups is 1. The molecule has 0 spiro atoms. The van der Waals surface area contributed by atoms with Crippen molar-refractivity contribution in [2.45, 2.75) is 11.8 Å². The molecule has 1 atom stereocenters. The molecule has 0 aromatic heterocycles. The van der Waals surface area contributed by atoms with Crippen molar-refractivity contribution < 1.29 is 4.74 Å². The van der Waals surface area contributed by atoms with Crippen LogP contribution in [0, 0.1) is 11.3 Å². The monoisotopic (exact) mass is 172 g/mol. The zero-order chi connectivity index (χ0) is 8.10. The second-order valence-corrected chi connectivity index (χ2v) is 3.09. The lowest BCUT2D eigenvalue weighted by Crippen LogP contribution is -2.40. The standard InChI is InChI=1S/C7H12N2OS/c8-2-1-7(11)9-3-5-10-6-4-9/h7,11H,1,3-6H2. The molecule has 0 aromatic rings. The van der Waals surface area contributed by atoms with Crippen LogP contribution in [0.3, 0.4) is 0 Å². The fraction of sp³-hybridized carbons (Fsp3) is 0.857. The smallest absolute Gasteiger partial charge is 0.0660 e. The van der Waals surface area contributed by atoms with Crippen molar-refractivity contribution in [1.29, 1.82) is 5.26 Å². The zero-order valence-corrected chi connectivity index (χ0v) is 7.26. The van der Waals surface area contributed by atoms with Crippen molar-refractivity contribution in [2.75, 3.05) is 26.3 Å². The Morgan fingerprint density at radius 3 is 2.73 bits per heavy atom. The van der Waals surface area contributed by atoms with Gasteiger partial charge in [0.05, 0.1) is 31.1 Å². The van der Waals surface area contributed by atoms with Crippen LogP contribution in [0.25, 0.3) is 0 Å². The summed E-state index contributed by atoms with van der Waals surface area (Å²) < 4.78 is 5.17. The first-order chi connectivity index (χ1) is 5.34. The van der Waals surface area contributed by atoms with Gasteiger partial charge >= 0.3 is 0 Å². The molecule has 1 fully saturated rings.